The van der Waals surface area contributed by atoms with Gasteiger partial charge in [0.15, 0.2) is 0 Å². The van der Waals surface area contributed by atoms with E-state index in [9.17, 15) is 13.2 Å². The fraction of sp³-hybridized carbons (Fsp3) is 0.435. The number of sulfonamides is 1. The Kier molecular flexibility index (Phi) is 7.48. The van der Waals surface area contributed by atoms with Crippen molar-refractivity contribution in [1.29, 1.82) is 0 Å². The maximum Gasteiger partial charge on any atom is 0.255 e. The van der Waals surface area contributed by atoms with Crippen molar-refractivity contribution in [2.45, 2.75) is 9.79 Å². The van der Waals surface area contributed by atoms with Gasteiger partial charge in [-0.05, 0) is 48.7 Å². The van der Waals surface area contributed by atoms with Gasteiger partial charge in [0.25, 0.3) is 5.91 Å². The van der Waals surface area contributed by atoms with E-state index in [1.165, 1.54) is 22.1 Å². The van der Waals surface area contributed by atoms with E-state index < -0.39 is 10.0 Å². The first-order chi connectivity index (χ1) is 15.9. The highest BCUT2D eigenvalue weighted by Crippen LogP contribution is 2.28. The zero-order chi connectivity index (χ0) is 23.4. The van der Waals surface area contributed by atoms with Crippen molar-refractivity contribution in [3.8, 4) is 5.75 Å². The van der Waals surface area contributed by atoms with E-state index in [0.717, 1.165) is 16.3 Å². The van der Waals surface area contributed by atoms with Gasteiger partial charge in [-0.3, -0.25) is 4.79 Å². The first-order valence-corrected chi connectivity index (χ1v) is 13.5. The Morgan fingerprint density at radius 1 is 0.970 bits per heavy atom. The number of nitrogens with zero attached hydrogens (tertiary/aromatic N) is 3. The molecule has 4 rings (SSSR count). The number of rotatable bonds is 6. The lowest BCUT2D eigenvalue weighted by Crippen LogP contribution is -2.48. The van der Waals surface area contributed by atoms with Crippen molar-refractivity contribution in [3.05, 3.63) is 48.0 Å². The number of amides is 1. The van der Waals surface area contributed by atoms with Gasteiger partial charge in [0, 0.05) is 49.9 Å². The van der Waals surface area contributed by atoms with Crippen molar-refractivity contribution >= 4 is 33.4 Å². The predicted molar refractivity (Wildman–Crippen MR) is 129 cm³/mol. The fourth-order valence-electron chi connectivity index (χ4n) is 4.08. The first-order valence-electron chi connectivity index (χ1n) is 10.9. The fourth-order valence-corrected chi connectivity index (χ4v) is 6.10. The summed E-state index contributed by atoms with van der Waals surface area (Å²) in [5.74, 6) is 0.639. The Morgan fingerprint density at radius 3 is 2.24 bits per heavy atom. The average Bonchev–Trinajstić information content (AvgIpc) is 2.88. The molecule has 0 N–H and O–H groups in total. The second kappa shape index (κ2) is 10.3. The molecule has 2 fully saturated rings. The lowest BCUT2D eigenvalue weighted by atomic mass is 10.2. The van der Waals surface area contributed by atoms with E-state index in [0.29, 0.717) is 58.0 Å². The van der Waals surface area contributed by atoms with Gasteiger partial charge in [0.05, 0.1) is 30.8 Å². The number of anilines is 1. The summed E-state index contributed by atoms with van der Waals surface area (Å²) in [5.41, 5.74) is 1.47. The van der Waals surface area contributed by atoms with E-state index in [-0.39, 0.29) is 10.8 Å². The SMILES string of the molecule is COc1ccc(N2CCN(S(=O)(=O)c3ccc(SC)c(C(=O)N4CCOCC4)c3)CC2)cc1. The van der Waals surface area contributed by atoms with E-state index in [1.807, 2.05) is 30.5 Å². The van der Waals surface area contributed by atoms with Crippen molar-refractivity contribution in [1.82, 2.24) is 9.21 Å². The molecule has 0 atom stereocenters. The topological polar surface area (TPSA) is 79.4 Å². The van der Waals surface area contributed by atoms with Gasteiger partial charge < -0.3 is 19.3 Å². The van der Waals surface area contributed by atoms with Crippen LogP contribution in [0.1, 0.15) is 10.4 Å². The second-order valence-corrected chi connectivity index (χ2v) is 10.6. The van der Waals surface area contributed by atoms with E-state index in [4.69, 9.17) is 9.47 Å². The molecule has 2 aliphatic rings. The summed E-state index contributed by atoms with van der Waals surface area (Å²) in [6.45, 7) is 3.96. The Morgan fingerprint density at radius 2 is 1.64 bits per heavy atom. The molecule has 1 amide bonds. The number of carbonyl (C=O) groups excluding carboxylic acids is 1. The molecule has 0 unspecified atom stereocenters. The smallest absolute Gasteiger partial charge is 0.255 e. The van der Waals surface area contributed by atoms with Crippen LogP contribution in [0.2, 0.25) is 0 Å². The van der Waals surface area contributed by atoms with Crippen LogP contribution in [-0.2, 0) is 14.8 Å². The van der Waals surface area contributed by atoms with Gasteiger partial charge in [-0.25, -0.2) is 8.42 Å². The Labute approximate surface area is 199 Å². The summed E-state index contributed by atoms with van der Waals surface area (Å²) in [5, 5.41) is 0. The second-order valence-electron chi connectivity index (χ2n) is 7.86. The van der Waals surface area contributed by atoms with Gasteiger partial charge in [0.1, 0.15) is 5.75 Å². The molecule has 10 heteroatoms. The molecule has 8 nitrogen and oxygen atoms in total. The van der Waals surface area contributed by atoms with Crippen LogP contribution >= 0.6 is 11.8 Å². The predicted octanol–water partition coefficient (Wildman–Crippen LogP) is 2.40. The van der Waals surface area contributed by atoms with Crippen LogP contribution in [0.4, 0.5) is 5.69 Å². The van der Waals surface area contributed by atoms with Gasteiger partial charge >= 0.3 is 0 Å². The number of methoxy groups -OCH3 is 1. The number of ether oxygens (including phenoxy) is 2. The van der Waals surface area contributed by atoms with Crippen LogP contribution in [0.3, 0.4) is 0 Å². The number of hydrogen-bond acceptors (Lipinski definition) is 7. The molecule has 0 aliphatic carbocycles. The van der Waals surface area contributed by atoms with Gasteiger partial charge in [-0.1, -0.05) is 0 Å². The summed E-state index contributed by atoms with van der Waals surface area (Å²) in [6, 6.07) is 12.6. The molecule has 0 saturated carbocycles. The molecular formula is C23H29N3O5S2. The number of carbonyl (C=O) groups is 1. The van der Waals surface area contributed by atoms with Crippen molar-refractivity contribution in [2.24, 2.45) is 0 Å². The minimum absolute atomic E-state index is 0.149. The zero-order valence-electron chi connectivity index (χ0n) is 18.9. The number of hydrogen-bond donors (Lipinski definition) is 0. The standard InChI is InChI=1S/C23H29N3O5S2/c1-30-19-5-3-18(4-6-19)24-9-11-26(12-10-24)33(28,29)20-7-8-22(32-2)21(17-20)23(27)25-13-15-31-16-14-25/h3-8,17H,9-16H2,1-2H3. The third kappa shape index (κ3) is 5.13. The molecule has 2 saturated heterocycles. The van der Waals surface area contributed by atoms with Crippen molar-refractivity contribution in [2.75, 3.05) is 70.7 Å². The van der Waals surface area contributed by atoms with Crippen LogP contribution in [0.25, 0.3) is 0 Å². The van der Waals surface area contributed by atoms with Crippen LogP contribution in [-0.4, -0.2) is 89.4 Å². The molecule has 0 aromatic heterocycles. The van der Waals surface area contributed by atoms with E-state index in [1.54, 1.807) is 24.1 Å². The van der Waals surface area contributed by atoms with Gasteiger partial charge in [-0.2, -0.15) is 4.31 Å². The van der Waals surface area contributed by atoms with Crippen molar-refractivity contribution < 1.29 is 22.7 Å². The lowest BCUT2D eigenvalue weighted by molar-refractivity contribution is 0.0300. The number of benzene rings is 2. The largest absolute Gasteiger partial charge is 0.497 e. The maximum absolute atomic E-state index is 13.4. The van der Waals surface area contributed by atoms with Gasteiger partial charge in [-0.15, -0.1) is 11.8 Å². The van der Waals surface area contributed by atoms with Crippen LogP contribution in [0.5, 0.6) is 5.75 Å². The molecule has 0 radical (unpaired) electrons. The molecule has 2 aromatic carbocycles. The highest BCUT2D eigenvalue weighted by molar-refractivity contribution is 7.98. The minimum atomic E-state index is -3.71. The minimum Gasteiger partial charge on any atom is -0.497 e. The van der Waals surface area contributed by atoms with Crippen molar-refractivity contribution in [3.63, 3.8) is 0 Å². The van der Waals surface area contributed by atoms with E-state index >= 15 is 0 Å². The summed E-state index contributed by atoms with van der Waals surface area (Å²) in [7, 11) is -2.08. The normalized spacial score (nSPS) is 17.8. The summed E-state index contributed by atoms with van der Waals surface area (Å²) in [4.78, 5) is 17.9. The molecule has 178 valence electrons. The first kappa shape index (κ1) is 23.9. The number of piperazine rings is 1. The average molecular weight is 492 g/mol. The van der Waals surface area contributed by atoms with Crippen LogP contribution in [0.15, 0.2) is 52.3 Å². The quantitative estimate of drug-likeness (QED) is 0.574. The van der Waals surface area contributed by atoms with Gasteiger partial charge in [0.2, 0.25) is 10.0 Å². The summed E-state index contributed by atoms with van der Waals surface area (Å²) >= 11 is 1.44. The highest BCUT2D eigenvalue weighted by Gasteiger charge is 2.30. The van der Waals surface area contributed by atoms with Crippen LogP contribution < -0.4 is 9.64 Å². The molecule has 0 bridgehead atoms. The summed E-state index contributed by atoms with van der Waals surface area (Å²) < 4.78 is 38.9. The molecular weight excluding hydrogens is 462 g/mol. The molecule has 2 aliphatic heterocycles. The third-order valence-electron chi connectivity index (χ3n) is 6.01. The lowest BCUT2D eigenvalue weighted by Gasteiger charge is -2.35. The Hall–Kier alpha value is -2.27. The molecule has 0 spiro atoms. The Balaban J connectivity index is 1.50. The summed E-state index contributed by atoms with van der Waals surface area (Å²) in [6.07, 6.45) is 1.89. The highest BCUT2D eigenvalue weighted by atomic mass is 32.2. The maximum atomic E-state index is 13.4. The number of morpholine rings is 1. The zero-order valence-corrected chi connectivity index (χ0v) is 20.5. The molecule has 33 heavy (non-hydrogen) atoms. The number of thioether (sulfide) groups is 1. The monoisotopic (exact) mass is 491 g/mol. The Bertz CT molecular complexity index is 1080. The van der Waals surface area contributed by atoms with Crippen LogP contribution in [0, 0.1) is 0 Å². The third-order valence-corrected chi connectivity index (χ3v) is 8.70. The van der Waals surface area contributed by atoms with E-state index in [2.05, 4.69) is 4.90 Å². The molecule has 2 heterocycles. The molecule has 2 aromatic rings.